The second-order valence-electron chi connectivity index (χ2n) is 7.00. The van der Waals surface area contributed by atoms with Crippen molar-refractivity contribution in [1.29, 1.82) is 0 Å². The van der Waals surface area contributed by atoms with Gasteiger partial charge in [0.05, 0.1) is 18.4 Å². The van der Waals surface area contributed by atoms with Crippen LogP contribution >= 0.6 is 12.6 Å². The highest BCUT2D eigenvalue weighted by Gasteiger charge is 2.20. The van der Waals surface area contributed by atoms with Gasteiger partial charge in [0.2, 0.25) is 5.95 Å². The molecule has 0 radical (unpaired) electrons. The van der Waals surface area contributed by atoms with Crippen LogP contribution in [0.3, 0.4) is 0 Å². The summed E-state index contributed by atoms with van der Waals surface area (Å²) in [6, 6.07) is 5.62. The molecule has 3 aromatic rings. The summed E-state index contributed by atoms with van der Waals surface area (Å²) >= 11 is 4.11. The molecule has 2 aromatic heterocycles. The maximum Gasteiger partial charge on any atom is 0.326 e. The third-order valence-electron chi connectivity index (χ3n) is 4.61. The van der Waals surface area contributed by atoms with E-state index in [2.05, 4.69) is 43.2 Å². The van der Waals surface area contributed by atoms with Crippen LogP contribution in [-0.2, 0) is 11.3 Å². The molecule has 1 atom stereocenters. The number of H-pyrrole nitrogens is 1. The highest BCUT2D eigenvalue weighted by molar-refractivity contribution is 7.80. The van der Waals surface area contributed by atoms with Gasteiger partial charge in [-0.2, -0.15) is 17.6 Å². The van der Waals surface area contributed by atoms with E-state index < -0.39 is 23.5 Å². The molecular formula is C20H23N7O4S. The van der Waals surface area contributed by atoms with Gasteiger partial charge < -0.3 is 21.5 Å². The zero-order valence-electron chi connectivity index (χ0n) is 17.0. The van der Waals surface area contributed by atoms with Gasteiger partial charge in [0.25, 0.3) is 11.5 Å². The maximum atomic E-state index is 12.4. The molecule has 1 amide bonds. The van der Waals surface area contributed by atoms with Crippen molar-refractivity contribution in [3.05, 3.63) is 52.1 Å². The van der Waals surface area contributed by atoms with Crippen LogP contribution in [-0.4, -0.2) is 48.7 Å². The van der Waals surface area contributed by atoms with Crippen molar-refractivity contribution in [3.63, 3.8) is 0 Å². The predicted octanol–water partition coefficient (Wildman–Crippen LogP) is 1.19. The van der Waals surface area contributed by atoms with E-state index in [9.17, 15) is 19.5 Å². The van der Waals surface area contributed by atoms with Gasteiger partial charge in [-0.15, -0.1) is 0 Å². The Morgan fingerprint density at radius 3 is 2.62 bits per heavy atom. The van der Waals surface area contributed by atoms with Crippen molar-refractivity contribution in [1.82, 2.24) is 25.3 Å². The first-order chi connectivity index (χ1) is 15.4. The molecule has 0 aliphatic heterocycles. The number of carbonyl (C=O) groups is 2. The molecule has 0 bridgehead atoms. The monoisotopic (exact) mass is 457 g/mol. The number of nitrogens with two attached hydrogens (primary N) is 1. The number of aliphatic carboxylic acids is 1. The Bertz CT molecular complexity index is 1170. The zero-order valence-corrected chi connectivity index (χ0v) is 17.9. The summed E-state index contributed by atoms with van der Waals surface area (Å²) in [4.78, 5) is 50.3. The number of unbranched alkanes of at least 4 members (excludes halogenated alkanes) is 1. The predicted molar refractivity (Wildman–Crippen MR) is 123 cm³/mol. The van der Waals surface area contributed by atoms with E-state index >= 15 is 0 Å². The number of amides is 1. The summed E-state index contributed by atoms with van der Waals surface area (Å²) < 4.78 is 0. The average Bonchev–Trinajstić information content (AvgIpc) is 2.77. The number of aromatic nitrogens is 4. The molecule has 32 heavy (non-hydrogen) atoms. The Hall–Kier alpha value is -3.67. The Balaban J connectivity index is 1.60. The minimum atomic E-state index is -1.07. The van der Waals surface area contributed by atoms with Gasteiger partial charge in [0.15, 0.2) is 11.2 Å². The summed E-state index contributed by atoms with van der Waals surface area (Å²) in [5, 5.41) is 15.0. The van der Waals surface area contributed by atoms with Crippen LogP contribution < -0.4 is 21.9 Å². The number of carbonyl (C=O) groups excluding carboxylic acids is 1. The molecule has 6 N–H and O–H groups in total. The van der Waals surface area contributed by atoms with Crippen molar-refractivity contribution in [2.45, 2.75) is 31.8 Å². The van der Waals surface area contributed by atoms with Gasteiger partial charge in [-0.1, -0.05) is 0 Å². The smallest absolute Gasteiger partial charge is 0.326 e. The number of rotatable bonds is 10. The number of nitrogens with zero attached hydrogens (tertiary/aromatic N) is 3. The van der Waals surface area contributed by atoms with Crippen molar-refractivity contribution >= 4 is 47.3 Å². The van der Waals surface area contributed by atoms with Gasteiger partial charge in [-0.25, -0.2) is 14.8 Å². The van der Waals surface area contributed by atoms with Gasteiger partial charge >= 0.3 is 5.97 Å². The normalized spacial score (nSPS) is 11.8. The van der Waals surface area contributed by atoms with Crippen molar-refractivity contribution in [3.8, 4) is 0 Å². The van der Waals surface area contributed by atoms with Gasteiger partial charge in [-0.05, 0) is 49.3 Å². The van der Waals surface area contributed by atoms with Crippen LogP contribution in [0.15, 0.2) is 35.3 Å². The number of fused-ring (bicyclic) bond motifs is 1. The molecule has 0 spiro atoms. The fourth-order valence-electron chi connectivity index (χ4n) is 2.95. The van der Waals surface area contributed by atoms with E-state index in [1.54, 1.807) is 24.3 Å². The molecule has 12 heteroatoms. The van der Waals surface area contributed by atoms with Gasteiger partial charge in [0, 0.05) is 11.3 Å². The molecule has 0 saturated carbocycles. The Morgan fingerprint density at radius 1 is 1.19 bits per heavy atom. The Labute approximate surface area is 188 Å². The molecule has 0 fully saturated rings. The van der Waals surface area contributed by atoms with E-state index in [1.165, 1.54) is 6.20 Å². The molecule has 1 unspecified atom stereocenters. The van der Waals surface area contributed by atoms with Crippen LogP contribution in [0, 0.1) is 0 Å². The lowest BCUT2D eigenvalue weighted by molar-refractivity contribution is -0.139. The second kappa shape index (κ2) is 10.6. The van der Waals surface area contributed by atoms with Crippen molar-refractivity contribution in [2.24, 2.45) is 0 Å². The summed E-state index contributed by atoms with van der Waals surface area (Å²) in [7, 11) is 0. The minimum absolute atomic E-state index is 0.0286. The third-order valence-corrected chi connectivity index (χ3v) is 4.93. The van der Waals surface area contributed by atoms with Crippen molar-refractivity contribution < 1.29 is 14.7 Å². The zero-order chi connectivity index (χ0) is 23.1. The number of hydrogen-bond donors (Lipinski definition) is 6. The van der Waals surface area contributed by atoms with Gasteiger partial charge in [-0.3, -0.25) is 14.6 Å². The van der Waals surface area contributed by atoms with Crippen LogP contribution in [0.4, 0.5) is 11.6 Å². The fraction of sp³-hybridized carbons (Fsp3) is 0.300. The van der Waals surface area contributed by atoms with E-state index in [0.717, 1.165) is 6.42 Å². The molecule has 11 nitrogen and oxygen atoms in total. The SMILES string of the molecule is Nc1nc2ncc(CNc3ccc(C(=O)NC(CCCCS)C(=O)O)cc3)nc2c(=O)[nH]1. The Morgan fingerprint density at radius 2 is 1.94 bits per heavy atom. The lowest BCUT2D eigenvalue weighted by Crippen LogP contribution is -2.40. The molecule has 0 aliphatic rings. The summed E-state index contributed by atoms with van der Waals surface area (Å²) in [5.74, 6) is -0.883. The highest BCUT2D eigenvalue weighted by Crippen LogP contribution is 2.12. The molecule has 1 aromatic carbocycles. The molecule has 2 heterocycles. The molecule has 0 saturated heterocycles. The lowest BCUT2D eigenvalue weighted by atomic mass is 10.1. The summed E-state index contributed by atoms with van der Waals surface area (Å²) in [6.07, 6.45) is 3.28. The first-order valence-electron chi connectivity index (χ1n) is 9.87. The number of carboxylic acids is 1. The number of benzene rings is 1. The molecule has 3 rings (SSSR count). The number of nitrogens with one attached hydrogen (secondary N) is 3. The van der Waals surface area contributed by atoms with Gasteiger partial charge in [0.1, 0.15) is 6.04 Å². The number of hydrogen-bond acceptors (Lipinski definition) is 9. The van der Waals surface area contributed by atoms with Crippen LogP contribution in [0.1, 0.15) is 35.3 Å². The van der Waals surface area contributed by atoms with Crippen molar-refractivity contribution in [2.75, 3.05) is 16.8 Å². The standard InChI is InChI=1S/C20H23N7O4S/c21-20-26-16-15(18(29)27-20)24-13(10-23-16)9-22-12-6-4-11(5-7-12)17(28)25-14(19(30)31)3-1-2-8-32/h4-7,10,14,22,32H,1-3,8-9H2,(H,25,28)(H,30,31)(H3,21,23,26,27,29). The fourth-order valence-corrected chi connectivity index (χ4v) is 3.17. The largest absolute Gasteiger partial charge is 0.480 e. The number of anilines is 2. The first kappa shape index (κ1) is 23.0. The quantitative estimate of drug-likeness (QED) is 0.193. The summed E-state index contributed by atoms with van der Waals surface area (Å²) in [5.41, 5.74) is 6.84. The first-order valence-corrected chi connectivity index (χ1v) is 10.5. The van der Waals surface area contributed by atoms with Crippen LogP contribution in [0.25, 0.3) is 11.2 Å². The number of carboxylic acid groups (broad SMARTS) is 1. The number of thiol groups is 1. The van der Waals surface area contributed by atoms with Crippen LogP contribution in [0.5, 0.6) is 0 Å². The maximum absolute atomic E-state index is 12.4. The number of aromatic amines is 1. The van der Waals surface area contributed by atoms with E-state index in [1.807, 2.05) is 0 Å². The van der Waals surface area contributed by atoms with E-state index in [-0.39, 0.29) is 23.7 Å². The Kier molecular flexibility index (Phi) is 7.60. The molecular weight excluding hydrogens is 434 g/mol. The number of nitrogen functional groups attached to an aromatic ring is 1. The minimum Gasteiger partial charge on any atom is -0.480 e. The molecule has 168 valence electrons. The van der Waals surface area contributed by atoms with E-state index in [0.29, 0.717) is 35.5 Å². The highest BCUT2D eigenvalue weighted by atomic mass is 32.1. The molecule has 0 aliphatic carbocycles. The summed E-state index contributed by atoms with van der Waals surface area (Å²) in [6.45, 7) is 0.282. The topological polar surface area (TPSA) is 176 Å². The lowest BCUT2D eigenvalue weighted by Gasteiger charge is -2.14. The average molecular weight is 458 g/mol. The second-order valence-corrected chi connectivity index (χ2v) is 7.45. The van der Waals surface area contributed by atoms with E-state index in [4.69, 9.17) is 5.73 Å². The third kappa shape index (κ3) is 5.94. The van der Waals surface area contributed by atoms with Crippen LogP contribution in [0.2, 0.25) is 0 Å².